The number of para-hydroxylation sites is 1. The maximum Gasteiger partial charge on any atom is 0.0828 e. The standard InChI is InChI=1S/C31H40N4/c1-5-33(6-2)28-20-15-25(16-21-28)14-19-27-24-31(35(32-27)30-12-10-9-11-13-30)26-17-22-29(23-18-26)34(7-3)8-4/h9-13,15-18,20-23,31H,5-8,14,19,24H2,1-4H3. The minimum atomic E-state index is 0.239. The van der Waals surface area contributed by atoms with Gasteiger partial charge in [-0.15, -0.1) is 0 Å². The molecule has 4 nitrogen and oxygen atoms in total. The SMILES string of the molecule is CCN(CC)c1ccc(CCC2=NN(c3ccccc3)C(c3ccc(N(CC)CC)cc3)C2)cc1. The van der Waals surface area contributed by atoms with Gasteiger partial charge in [-0.3, -0.25) is 5.01 Å². The van der Waals surface area contributed by atoms with E-state index in [1.54, 1.807) is 0 Å². The molecule has 0 saturated carbocycles. The molecule has 0 fully saturated rings. The fourth-order valence-electron chi connectivity index (χ4n) is 5.05. The van der Waals surface area contributed by atoms with E-state index in [0.29, 0.717) is 0 Å². The van der Waals surface area contributed by atoms with Crippen molar-refractivity contribution in [2.45, 2.75) is 53.0 Å². The predicted octanol–water partition coefficient (Wildman–Crippen LogP) is 7.32. The Hall–Kier alpha value is -3.27. The number of aryl methyl sites for hydroxylation is 1. The van der Waals surface area contributed by atoms with Gasteiger partial charge in [0, 0.05) is 49.7 Å². The van der Waals surface area contributed by atoms with Crippen LogP contribution >= 0.6 is 0 Å². The molecule has 0 bridgehead atoms. The summed E-state index contributed by atoms with van der Waals surface area (Å²) in [6.45, 7) is 13.0. The van der Waals surface area contributed by atoms with Crippen molar-refractivity contribution in [1.29, 1.82) is 0 Å². The highest BCUT2D eigenvalue weighted by Gasteiger charge is 2.29. The van der Waals surface area contributed by atoms with Gasteiger partial charge in [0.1, 0.15) is 0 Å². The molecule has 35 heavy (non-hydrogen) atoms. The molecule has 1 aliphatic rings. The first-order valence-corrected chi connectivity index (χ1v) is 13.3. The minimum absolute atomic E-state index is 0.239. The van der Waals surface area contributed by atoms with Crippen molar-refractivity contribution >= 4 is 22.8 Å². The second-order valence-electron chi connectivity index (χ2n) is 9.17. The van der Waals surface area contributed by atoms with Crippen LogP contribution in [0.3, 0.4) is 0 Å². The van der Waals surface area contributed by atoms with Crippen LogP contribution in [0.4, 0.5) is 17.1 Å². The third kappa shape index (κ3) is 5.87. The Bertz CT molecular complexity index is 1070. The van der Waals surface area contributed by atoms with Gasteiger partial charge in [0.05, 0.1) is 11.7 Å². The molecule has 0 spiro atoms. The van der Waals surface area contributed by atoms with E-state index in [9.17, 15) is 0 Å². The molecule has 4 rings (SSSR count). The van der Waals surface area contributed by atoms with E-state index in [1.807, 2.05) is 0 Å². The molecule has 3 aromatic carbocycles. The Morgan fingerprint density at radius 3 is 1.77 bits per heavy atom. The van der Waals surface area contributed by atoms with E-state index < -0.39 is 0 Å². The molecular weight excluding hydrogens is 428 g/mol. The van der Waals surface area contributed by atoms with Crippen molar-refractivity contribution in [2.24, 2.45) is 5.10 Å². The summed E-state index contributed by atoms with van der Waals surface area (Å²) in [5.74, 6) is 0. The maximum atomic E-state index is 5.12. The molecule has 4 heteroatoms. The van der Waals surface area contributed by atoms with Crippen LogP contribution in [0, 0.1) is 0 Å². The smallest absolute Gasteiger partial charge is 0.0828 e. The lowest BCUT2D eigenvalue weighted by Gasteiger charge is -2.25. The van der Waals surface area contributed by atoms with Gasteiger partial charge in [0.15, 0.2) is 0 Å². The van der Waals surface area contributed by atoms with Crippen LogP contribution in [0.15, 0.2) is 84.0 Å². The zero-order valence-electron chi connectivity index (χ0n) is 21.8. The fourth-order valence-corrected chi connectivity index (χ4v) is 5.05. The normalized spacial score (nSPS) is 15.3. The molecule has 1 atom stereocenters. The number of hydrogen-bond donors (Lipinski definition) is 0. The molecule has 3 aromatic rings. The van der Waals surface area contributed by atoms with Gasteiger partial charge in [0.25, 0.3) is 0 Å². The molecule has 0 aromatic heterocycles. The van der Waals surface area contributed by atoms with Crippen molar-refractivity contribution in [3.63, 3.8) is 0 Å². The van der Waals surface area contributed by atoms with Crippen LogP contribution in [0.25, 0.3) is 0 Å². The van der Waals surface area contributed by atoms with Crippen molar-refractivity contribution in [3.8, 4) is 0 Å². The molecule has 0 radical (unpaired) electrons. The van der Waals surface area contributed by atoms with Crippen LogP contribution in [0.5, 0.6) is 0 Å². The van der Waals surface area contributed by atoms with Crippen molar-refractivity contribution in [3.05, 3.63) is 90.0 Å². The first kappa shape index (κ1) is 24.8. The third-order valence-electron chi connectivity index (χ3n) is 7.17. The average Bonchev–Trinajstić information content (AvgIpc) is 3.35. The van der Waals surface area contributed by atoms with Crippen LogP contribution in [-0.2, 0) is 6.42 Å². The van der Waals surface area contributed by atoms with E-state index in [-0.39, 0.29) is 6.04 Å². The van der Waals surface area contributed by atoms with Crippen LogP contribution in [-0.4, -0.2) is 31.9 Å². The van der Waals surface area contributed by atoms with Gasteiger partial charge in [-0.05, 0) is 88.1 Å². The monoisotopic (exact) mass is 468 g/mol. The summed E-state index contributed by atoms with van der Waals surface area (Å²) in [6.07, 6.45) is 2.98. The number of hydrogen-bond acceptors (Lipinski definition) is 4. The van der Waals surface area contributed by atoms with E-state index in [0.717, 1.165) is 51.1 Å². The van der Waals surface area contributed by atoms with E-state index >= 15 is 0 Å². The number of hydrazone groups is 1. The molecular formula is C31H40N4. The van der Waals surface area contributed by atoms with Crippen LogP contribution < -0.4 is 14.8 Å². The van der Waals surface area contributed by atoms with E-state index in [4.69, 9.17) is 5.10 Å². The molecule has 0 aliphatic carbocycles. The Labute approximate surface area is 211 Å². The summed E-state index contributed by atoms with van der Waals surface area (Å²) < 4.78 is 0. The lowest BCUT2D eigenvalue weighted by molar-refractivity contribution is 0.707. The summed E-state index contributed by atoms with van der Waals surface area (Å²) in [6, 6.07) is 29.0. The van der Waals surface area contributed by atoms with Gasteiger partial charge in [-0.1, -0.05) is 42.5 Å². The Morgan fingerprint density at radius 1 is 0.686 bits per heavy atom. The molecule has 0 N–H and O–H groups in total. The minimum Gasteiger partial charge on any atom is -0.372 e. The third-order valence-corrected chi connectivity index (χ3v) is 7.17. The molecule has 0 amide bonds. The van der Waals surface area contributed by atoms with Gasteiger partial charge >= 0.3 is 0 Å². The summed E-state index contributed by atoms with van der Waals surface area (Å²) in [5, 5.41) is 7.35. The summed E-state index contributed by atoms with van der Waals surface area (Å²) in [5.41, 5.74) is 7.73. The van der Waals surface area contributed by atoms with Gasteiger partial charge < -0.3 is 9.80 Å². The van der Waals surface area contributed by atoms with Gasteiger partial charge in [-0.2, -0.15) is 5.10 Å². The van der Waals surface area contributed by atoms with E-state index in [2.05, 4.69) is 121 Å². The lowest BCUT2D eigenvalue weighted by atomic mass is 9.98. The van der Waals surface area contributed by atoms with E-state index in [1.165, 1.54) is 28.2 Å². The summed E-state index contributed by atoms with van der Waals surface area (Å²) >= 11 is 0. The number of benzene rings is 3. The highest BCUT2D eigenvalue weighted by Crippen LogP contribution is 2.36. The molecule has 1 aliphatic heterocycles. The van der Waals surface area contributed by atoms with Gasteiger partial charge in [-0.25, -0.2) is 0 Å². The van der Waals surface area contributed by atoms with Crippen LogP contribution in [0.1, 0.15) is 57.7 Å². The summed E-state index contributed by atoms with van der Waals surface area (Å²) in [4.78, 5) is 4.78. The highest BCUT2D eigenvalue weighted by atomic mass is 15.5. The topological polar surface area (TPSA) is 22.1 Å². The van der Waals surface area contributed by atoms with Crippen molar-refractivity contribution in [2.75, 3.05) is 41.0 Å². The Balaban J connectivity index is 1.49. The zero-order valence-corrected chi connectivity index (χ0v) is 21.8. The first-order chi connectivity index (χ1) is 17.2. The second kappa shape index (κ2) is 11.9. The van der Waals surface area contributed by atoms with Crippen molar-refractivity contribution in [1.82, 2.24) is 0 Å². The molecule has 1 heterocycles. The quantitative estimate of drug-likeness (QED) is 0.294. The summed E-state index contributed by atoms with van der Waals surface area (Å²) in [7, 11) is 0. The lowest BCUT2D eigenvalue weighted by Crippen LogP contribution is -2.22. The highest BCUT2D eigenvalue weighted by molar-refractivity contribution is 5.89. The largest absolute Gasteiger partial charge is 0.372 e. The van der Waals surface area contributed by atoms with Crippen molar-refractivity contribution < 1.29 is 0 Å². The van der Waals surface area contributed by atoms with Crippen LogP contribution in [0.2, 0.25) is 0 Å². The predicted molar refractivity (Wildman–Crippen MR) is 152 cm³/mol. The number of anilines is 3. The number of nitrogens with zero attached hydrogens (tertiary/aromatic N) is 4. The fraction of sp³-hybridized carbons (Fsp3) is 0.387. The first-order valence-electron chi connectivity index (χ1n) is 13.3. The number of rotatable bonds is 11. The maximum absolute atomic E-state index is 5.12. The Morgan fingerprint density at radius 2 is 1.23 bits per heavy atom. The van der Waals surface area contributed by atoms with Gasteiger partial charge in [0.2, 0.25) is 0 Å². The zero-order chi connectivity index (χ0) is 24.6. The Kier molecular flexibility index (Phi) is 8.46. The molecule has 0 saturated heterocycles. The average molecular weight is 469 g/mol. The molecule has 184 valence electrons. The second-order valence-corrected chi connectivity index (χ2v) is 9.17. The molecule has 1 unspecified atom stereocenters.